The van der Waals surface area contributed by atoms with Gasteiger partial charge in [-0.25, -0.2) is 0 Å². The average molecular weight is 314 g/mol. The summed E-state index contributed by atoms with van der Waals surface area (Å²) >= 11 is 0. The first-order valence-corrected chi connectivity index (χ1v) is 9.49. The number of nitrogens with one attached hydrogen (secondary N) is 1. The Morgan fingerprint density at radius 1 is 1.22 bits per heavy atom. The van der Waals surface area contributed by atoms with Crippen molar-refractivity contribution in [1.29, 1.82) is 0 Å². The van der Waals surface area contributed by atoms with Crippen molar-refractivity contribution in [3.63, 3.8) is 0 Å². The molecule has 1 aromatic carbocycles. The van der Waals surface area contributed by atoms with E-state index in [1.165, 1.54) is 51.6 Å². The van der Waals surface area contributed by atoms with Crippen LogP contribution >= 0.6 is 0 Å². The van der Waals surface area contributed by atoms with Gasteiger partial charge in [0.05, 0.1) is 12.2 Å². The number of morpholine rings is 1. The molecular formula is C20H30N2O. The van der Waals surface area contributed by atoms with Crippen molar-refractivity contribution in [3.05, 3.63) is 35.4 Å². The minimum atomic E-state index is 0.107. The van der Waals surface area contributed by atoms with Gasteiger partial charge in [-0.05, 0) is 49.7 Å². The van der Waals surface area contributed by atoms with E-state index >= 15 is 0 Å². The third kappa shape index (κ3) is 2.95. The van der Waals surface area contributed by atoms with Gasteiger partial charge in [0.15, 0.2) is 0 Å². The highest BCUT2D eigenvalue weighted by molar-refractivity contribution is 5.30. The summed E-state index contributed by atoms with van der Waals surface area (Å²) in [7, 11) is 0. The fourth-order valence-corrected chi connectivity index (χ4v) is 5.04. The summed E-state index contributed by atoms with van der Waals surface area (Å²) < 4.78 is 6.31. The summed E-state index contributed by atoms with van der Waals surface area (Å²) in [6, 6.07) is 10.3. The molecule has 2 unspecified atom stereocenters. The molecule has 3 nitrogen and oxygen atoms in total. The summed E-state index contributed by atoms with van der Waals surface area (Å²) in [5, 5.41) is 3.69. The van der Waals surface area contributed by atoms with Crippen LogP contribution in [0.5, 0.6) is 0 Å². The molecule has 2 heterocycles. The molecule has 2 atom stereocenters. The second kappa shape index (κ2) is 6.54. The molecule has 2 fully saturated rings. The van der Waals surface area contributed by atoms with Gasteiger partial charge in [-0.3, -0.25) is 4.90 Å². The third-order valence-corrected chi connectivity index (χ3v) is 6.41. The van der Waals surface area contributed by atoms with Crippen LogP contribution in [0.2, 0.25) is 0 Å². The number of aryl methyl sites for hydroxylation is 1. The van der Waals surface area contributed by atoms with E-state index in [1.807, 2.05) is 0 Å². The van der Waals surface area contributed by atoms with Crippen LogP contribution in [0.1, 0.15) is 43.7 Å². The highest BCUT2D eigenvalue weighted by Gasteiger charge is 2.44. The number of benzene rings is 1. The molecule has 0 bridgehead atoms. The maximum atomic E-state index is 6.31. The molecular weight excluding hydrogens is 284 g/mol. The second-order valence-electron chi connectivity index (χ2n) is 7.53. The lowest BCUT2D eigenvalue weighted by Gasteiger charge is -2.50. The topological polar surface area (TPSA) is 24.5 Å². The van der Waals surface area contributed by atoms with Gasteiger partial charge in [0.1, 0.15) is 0 Å². The fourth-order valence-electron chi connectivity index (χ4n) is 5.04. The lowest BCUT2D eigenvalue weighted by Crippen LogP contribution is -2.62. The van der Waals surface area contributed by atoms with E-state index in [4.69, 9.17) is 4.74 Å². The van der Waals surface area contributed by atoms with Gasteiger partial charge in [-0.15, -0.1) is 0 Å². The number of fused-ring (bicyclic) bond motifs is 1. The smallest absolute Gasteiger partial charge is 0.0859 e. The van der Waals surface area contributed by atoms with E-state index in [2.05, 4.69) is 41.4 Å². The van der Waals surface area contributed by atoms with Crippen molar-refractivity contribution in [2.75, 3.05) is 26.2 Å². The molecule has 126 valence electrons. The Morgan fingerprint density at radius 2 is 2.00 bits per heavy atom. The Kier molecular flexibility index (Phi) is 4.44. The third-order valence-electron chi connectivity index (χ3n) is 6.41. The van der Waals surface area contributed by atoms with Gasteiger partial charge in [0.25, 0.3) is 0 Å². The maximum absolute atomic E-state index is 6.31. The minimum absolute atomic E-state index is 0.107. The zero-order valence-electron chi connectivity index (χ0n) is 14.4. The maximum Gasteiger partial charge on any atom is 0.0859 e. The van der Waals surface area contributed by atoms with Crippen LogP contribution < -0.4 is 5.32 Å². The van der Waals surface area contributed by atoms with Gasteiger partial charge < -0.3 is 10.1 Å². The van der Waals surface area contributed by atoms with Crippen LogP contribution in [0.3, 0.4) is 0 Å². The Bertz CT molecular complexity index is 536. The Labute approximate surface area is 140 Å². The molecule has 2 aliphatic heterocycles. The molecule has 0 saturated carbocycles. The lowest BCUT2D eigenvalue weighted by atomic mass is 9.80. The predicted octanol–water partition coefficient (Wildman–Crippen LogP) is 2.78. The summed E-state index contributed by atoms with van der Waals surface area (Å²) in [6.45, 7) is 6.59. The monoisotopic (exact) mass is 314 g/mol. The molecule has 0 aromatic heterocycles. The molecule has 4 rings (SSSR count). The van der Waals surface area contributed by atoms with E-state index in [1.54, 1.807) is 11.1 Å². The molecule has 0 amide bonds. The minimum Gasteiger partial charge on any atom is -0.372 e. The van der Waals surface area contributed by atoms with Crippen molar-refractivity contribution in [3.8, 4) is 0 Å². The van der Waals surface area contributed by atoms with E-state index in [0.717, 1.165) is 19.2 Å². The standard InChI is InChI=1S/C20H30N2O/c1-2-19-20(23-14-11-21-19)9-12-22(13-10-20)18-8-7-16-5-3-4-6-17(16)15-18/h3-6,18-19,21H,2,7-15H2,1H3. The van der Waals surface area contributed by atoms with Gasteiger partial charge in [0.2, 0.25) is 0 Å². The molecule has 1 N–H and O–H groups in total. The molecule has 2 saturated heterocycles. The van der Waals surface area contributed by atoms with E-state index < -0.39 is 0 Å². The highest BCUT2D eigenvalue weighted by Crippen LogP contribution is 2.35. The zero-order valence-corrected chi connectivity index (χ0v) is 14.4. The van der Waals surface area contributed by atoms with Crippen LogP contribution in [-0.4, -0.2) is 48.8 Å². The van der Waals surface area contributed by atoms with Crippen molar-refractivity contribution in [2.45, 2.75) is 63.1 Å². The number of nitrogens with zero attached hydrogens (tertiary/aromatic N) is 1. The van der Waals surface area contributed by atoms with Crippen LogP contribution in [0.25, 0.3) is 0 Å². The summed E-state index contributed by atoms with van der Waals surface area (Å²) in [4.78, 5) is 2.74. The molecule has 23 heavy (non-hydrogen) atoms. The normalized spacial score (nSPS) is 31.0. The average Bonchev–Trinajstić information content (AvgIpc) is 2.62. The zero-order chi connectivity index (χ0) is 15.7. The van der Waals surface area contributed by atoms with Crippen molar-refractivity contribution in [1.82, 2.24) is 10.2 Å². The van der Waals surface area contributed by atoms with Gasteiger partial charge in [-0.2, -0.15) is 0 Å². The van der Waals surface area contributed by atoms with Crippen molar-refractivity contribution in [2.24, 2.45) is 0 Å². The Balaban J connectivity index is 1.40. The first-order valence-electron chi connectivity index (χ1n) is 9.49. The quantitative estimate of drug-likeness (QED) is 0.908. The predicted molar refractivity (Wildman–Crippen MR) is 93.8 cm³/mol. The number of likely N-dealkylation sites (tertiary alicyclic amines) is 1. The first kappa shape index (κ1) is 15.6. The molecule has 1 spiro atoms. The van der Waals surface area contributed by atoms with Gasteiger partial charge in [-0.1, -0.05) is 31.2 Å². The molecule has 1 aliphatic carbocycles. The number of ether oxygens (including phenoxy) is 1. The van der Waals surface area contributed by atoms with Crippen LogP contribution in [0.15, 0.2) is 24.3 Å². The Morgan fingerprint density at radius 3 is 2.78 bits per heavy atom. The fraction of sp³-hybridized carbons (Fsp3) is 0.700. The molecule has 3 heteroatoms. The summed E-state index contributed by atoms with van der Waals surface area (Å²) in [5.74, 6) is 0. The van der Waals surface area contributed by atoms with E-state index in [-0.39, 0.29) is 5.60 Å². The molecule has 3 aliphatic rings. The highest BCUT2D eigenvalue weighted by atomic mass is 16.5. The summed E-state index contributed by atoms with van der Waals surface area (Å²) in [6.07, 6.45) is 7.36. The van der Waals surface area contributed by atoms with Gasteiger partial charge >= 0.3 is 0 Å². The largest absolute Gasteiger partial charge is 0.372 e. The van der Waals surface area contributed by atoms with Crippen molar-refractivity contribution >= 4 is 0 Å². The molecule has 0 radical (unpaired) electrons. The Hall–Kier alpha value is -0.900. The van der Waals surface area contributed by atoms with Crippen molar-refractivity contribution < 1.29 is 4.74 Å². The van der Waals surface area contributed by atoms with Crippen LogP contribution in [-0.2, 0) is 17.6 Å². The van der Waals surface area contributed by atoms with Crippen LogP contribution in [0, 0.1) is 0 Å². The number of hydrogen-bond acceptors (Lipinski definition) is 3. The van der Waals surface area contributed by atoms with E-state index in [0.29, 0.717) is 6.04 Å². The van der Waals surface area contributed by atoms with Crippen LogP contribution in [0.4, 0.5) is 0 Å². The number of hydrogen-bond donors (Lipinski definition) is 1. The first-order chi connectivity index (χ1) is 11.3. The number of rotatable bonds is 2. The van der Waals surface area contributed by atoms with Gasteiger partial charge in [0, 0.05) is 31.7 Å². The second-order valence-corrected chi connectivity index (χ2v) is 7.53. The summed E-state index contributed by atoms with van der Waals surface area (Å²) in [5.41, 5.74) is 3.25. The SMILES string of the molecule is CCC1NCCOC12CCN(C1CCc3ccccc3C1)CC2. The number of piperidine rings is 1. The molecule has 1 aromatic rings. The van der Waals surface area contributed by atoms with E-state index in [9.17, 15) is 0 Å². The lowest BCUT2D eigenvalue weighted by molar-refractivity contribution is -0.132.